The van der Waals surface area contributed by atoms with Crippen molar-refractivity contribution in [3.8, 4) is 0 Å². The highest BCUT2D eigenvalue weighted by Crippen LogP contribution is 2.38. The molecular formula is C19H29N3O3S. The molecule has 0 aromatic heterocycles. The number of amides is 2. The second-order valence-electron chi connectivity index (χ2n) is 7.68. The minimum atomic E-state index is -3.66. The highest BCUT2D eigenvalue weighted by atomic mass is 32.2. The number of urea groups is 1. The fraction of sp³-hybridized carbons (Fsp3) is 0.632. The first kappa shape index (κ1) is 19.2. The Balaban J connectivity index is 1.69. The maximum absolute atomic E-state index is 12.4. The third-order valence-corrected chi connectivity index (χ3v) is 6.77. The second kappa shape index (κ2) is 7.56. The van der Waals surface area contributed by atoms with Crippen LogP contribution in [0.15, 0.2) is 6.07 Å². The third kappa shape index (κ3) is 4.20. The van der Waals surface area contributed by atoms with Crippen LogP contribution in [0.2, 0.25) is 0 Å². The summed E-state index contributed by atoms with van der Waals surface area (Å²) >= 11 is 0. The van der Waals surface area contributed by atoms with Gasteiger partial charge in [-0.1, -0.05) is 6.07 Å². The van der Waals surface area contributed by atoms with Crippen LogP contribution in [0.4, 0.5) is 10.5 Å². The van der Waals surface area contributed by atoms with E-state index in [0.717, 1.165) is 44.2 Å². The summed E-state index contributed by atoms with van der Waals surface area (Å²) in [6, 6.07) is 1.90. The van der Waals surface area contributed by atoms with E-state index in [2.05, 4.69) is 16.1 Å². The zero-order chi connectivity index (χ0) is 18.9. The molecule has 0 heterocycles. The number of carbonyl (C=O) groups excluding carboxylic acids is 1. The number of carbonyl (C=O) groups is 1. The van der Waals surface area contributed by atoms with Gasteiger partial charge in [-0.15, -0.1) is 0 Å². The van der Waals surface area contributed by atoms with E-state index in [-0.39, 0.29) is 11.8 Å². The largest absolute Gasteiger partial charge is 0.332 e. The Hall–Kier alpha value is -1.60. The van der Waals surface area contributed by atoms with Crippen LogP contribution in [-0.2, 0) is 35.7 Å². The summed E-state index contributed by atoms with van der Waals surface area (Å²) in [7, 11) is -1.79. The van der Waals surface area contributed by atoms with Crippen molar-refractivity contribution < 1.29 is 13.2 Å². The number of benzene rings is 1. The van der Waals surface area contributed by atoms with Gasteiger partial charge in [-0.2, -0.15) is 0 Å². The van der Waals surface area contributed by atoms with E-state index >= 15 is 0 Å². The molecule has 7 heteroatoms. The molecule has 0 atom stereocenters. The van der Waals surface area contributed by atoms with Gasteiger partial charge in [0, 0.05) is 18.3 Å². The van der Waals surface area contributed by atoms with Crippen LogP contribution in [0.3, 0.4) is 0 Å². The van der Waals surface area contributed by atoms with Crippen molar-refractivity contribution in [2.24, 2.45) is 0 Å². The van der Waals surface area contributed by atoms with Crippen LogP contribution in [0.5, 0.6) is 0 Å². The lowest BCUT2D eigenvalue weighted by Crippen LogP contribution is -2.40. The fourth-order valence-electron chi connectivity index (χ4n) is 3.82. The molecule has 0 saturated heterocycles. The van der Waals surface area contributed by atoms with Crippen molar-refractivity contribution in [1.29, 1.82) is 0 Å². The van der Waals surface area contributed by atoms with Gasteiger partial charge in [0.1, 0.15) is 0 Å². The molecule has 6 nitrogen and oxygen atoms in total. The van der Waals surface area contributed by atoms with Gasteiger partial charge in [0.25, 0.3) is 0 Å². The van der Waals surface area contributed by atoms with Crippen molar-refractivity contribution in [3.63, 3.8) is 0 Å². The highest BCUT2D eigenvalue weighted by Gasteiger charge is 2.26. The van der Waals surface area contributed by atoms with E-state index in [0.29, 0.717) is 6.54 Å². The molecule has 3 rings (SSSR count). The average Bonchev–Trinajstić information content (AvgIpc) is 3.20. The van der Waals surface area contributed by atoms with Crippen molar-refractivity contribution >= 4 is 21.7 Å². The smallest absolute Gasteiger partial charge is 0.307 e. The topological polar surface area (TPSA) is 78.5 Å². The molecule has 0 radical (unpaired) electrons. The first-order valence-electron chi connectivity index (χ1n) is 9.45. The van der Waals surface area contributed by atoms with Crippen LogP contribution in [0, 0.1) is 0 Å². The quantitative estimate of drug-likeness (QED) is 0.796. The number of aryl methyl sites for hydroxylation is 2. The van der Waals surface area contributed by atoms with E-state index in [1.54, 1.807) is 0 Å². The Labute approximate surface area is 156 Å². The summed E-state index contributed by atoms with van der Waals surface area (Å²) < 4.78 is 26.6. The standard InChI is InChI=1S/C19H29N3O3S/c1-13(2)22(3)10-11-26(24,25)21-19(23)20-18-16-8-4-6-14(16)12-15-7-5-9-17(15)18/h12-13H,4-11H2,1-3H3,(H2,20,21,23). The normalized spacial score (nSPS) is 16.0. The van der Waals surface area contributed by atoms with E-state index in [9.17, 15) is 13.2 Å². The zero-order valence-electron chi connectivity index (χ0n) is 15.9. The summed E-state index contributed by atoms with van der Waals surface area (Å²) in [5, 5.41) is 2.87. The molecule has 1 aromatic rings. The van der Waals surface area contributed by atoms with Crippen molar-refractivity contribution in [3.05, 3.63) is 28.3 Å². The maximum atomic E-state index is 12.4. The van der Waals surface area contributed by atoms with E-state index in [4.69, 9.17) is 0 Å². The first-order valence-corrected chi connectivity index (χ1v) is 11.1. The Bertz CT molecular complexity index is 770. The lowest BCUT2D eigenvalue weighted by Gasteiger charge is -2.21. The fourth-order valence-corrected chi connectivity index (χ4v) is 4.78. The van der Waals surface area contributed by atoms with Crippen LogP contribution in [0.1, 0.15) is 48.9 Å². The van der Waals surface area contributed by atoms with Gasteiger partial charge in [-0.3, -0.25) is 0 Å². The van der Waals surface area contributed by atoms with Crippen molar-refractivity contribution in [2.75, 3.05) is 24.7 Å². The summed E-state index contributed by atoms with van der Waals surface area (Å²) in [5.41, 5.74) is 5.86. The van der Waals surface area contributed by atoms with Crippen molar-refractivity contribution in [2.45, 2.75) is 58.4 Å². The van der Waals surface area contributed by atoms with Gasteiger partial charge in [-0.05, 0) is 81.7 Å². The Kier molecular flexibility index (Phi) is 5.58. The minimum Gasteiger partial charge on any atom is -0.307 e. The summed E-state index contributed by atoms with van der Waals surface area (Å²) in [6.07, 6.45) is 6.16. The predicted molar refractivity (Wildman–Crippen MR) is 104 cm³/mol. The molecule has 26 heavy (non-hydrogen) atoms. The monoisotopic (exact) mass is 379 g/mol. The molecule has 0 bridgehead atoms. The number of fused-ring (bicyclic) bond motifs is 2. The molecule has 2 aliphatic rings. The third-order valence-electron chi connectivity index (χ3n) is 5.55. The lowest BCUT2D eigenvalue weighted by atomic mass is 9.99. The molecule has 2 aliphatic carbocycles. The van der Waals surface area contributed by atoms with Crippen LogP contribution >= 0.6 is 0 Å². The minimum absolute atomic E-state index is 0.0971. The van der Waals surface area contributed by atoms with Gasteiger partial charge in [0.2, 0.25) is 10.0 Å². The Morgan fingerprint density at radius 2 is 1.69 bits per heavy atom. The molecule has 144 valence electrons. The van der Waals surface area contributed by atoms with E-state index in [1.807, 2.05) is 25.8 Å². The number of hydrogen-bond donors (Lipinski definition) is 2. The van der Waals surface area contributed by atoms with Crippen LogP contribution < -0.4 is 10.0 Å². The second-order valence-corrected chi connectivity index (χ2v) is 9.53. The molecular weight excluding hydrogens is 350 g/mol. The predicted octanol–water partition coefficient (Wildman–Crippen LogP) is 2.46. The number of nitrogens with one attached hydrogen (secondary N) is 2. The Morgan fingerprint density at radius 3 is 2.23 bits per heavy atom. The molecule has 2 amide bonds. The molecule has 0 unspecified atom stereocenters. The molecule has 0 spiro atoms. The number of sulfonamides is 1. The molecule has 0 fully saturated rings. The van der Waals surface area contributed by atoms with E-state index < -0.39 is 16.1 Å². The van der Waals surface area contributed by atoms with Gasteiger partial charge in [0.05, 0.1) is 5.75 Å². The van der Waals surface area contributed by atoms with Crippen molar-refractivity contribution in [1.82, 2.24) is 9.62 Å². The summed E-state index contributed by atoms with van der Waals surface area (Å²) in [6.45, 7) is 4.39. The first-order chi connectivity index (χ1) is 12.3. The summed E-state index contributed by atoms with van der Waals surface area (Å²) in [4.78, 5) is 14.3. The van der Waals surface area contributed by atoms with Gasteiger partial charge in [-0.25, -0.2) is 17.9 Å². The van der Waals surface area contributed by atoms with Crippen LogP contribution in [-0.4, -0.2) is 44.7 Å². The van der Waals surface area contributed by atoms with Gasteiger partial charge in [0.15, 0.2) is 0 Å². The summed E-state index contributed by atoms with van der Waals surface area (Å²) in [5.74, 6) is -0.0971. The maximum Gasteiger partial charge on any atom is 0.332 e. The number of rotatable bonds is 6. The zero-order valence-corrected chi connectivity index (χ0v) is 16.7. The number of hydrogen-bond acceptors (Lipinski definition) is 4. The molecule has 0 aliphatic heterocycles. The average molecular weight is 380 g/mol. The van der Waals surface area contributed by atoms with Crippen LogP contribution in [0.25, 0.3) is 0 Å². The lowest BCUT2D eigenvalue weighted by molar-refractivity contribution is 0.256. The molecule has 1 aromatic carbocycles. The number of anilines is 1. The van der Waals surface area contributed by atoms with E-state index in [1.165, 1.54) is 22.3 Å². The van der Waals surface area contributed by atoms with Gasteiger partial charge >= 0.3 is 6.03 Å². The SMILES string of the molecule is CC(C)N(C)CCS(=O)(=O)NC(=O)Nc1c2c(cc3c1CCC3)CCC2. The number of nitrogens with zero attached hydrogens (tertiary/aromatic N) is 1. The highest BCUT2D eigenvalue weighted by molar-refractivity contribution is 7.90. The molecule has 0 saturated carbocycles. The van der Waals surface area contributed by atoms with Gasteiger partial charge < -0.3 is 10.2 Å². The Morgan fingerprint density at radius 1 is 1.12 bits per heavy atom. The molecule has 2 N–H and O–H groups in total.